The zero-order chi connectivity index (χ0) is 11.6. The van der Waals surface area contributed by atoms with Gasteiger partial charge in [0.05, 0.1) is 0 Å². The Hall–Kier alpha value is 0. The van der Waals surface area contributed by atoms with Crippen LogP contribution in [-0.4, -0.2) is 33.1 Å². The summed E-state index contributed by atoms with van der Waals surface area (Å²) in [5, 5.41) is 0. The summed E-state index contributed by atoms with van der Waals surface area (Å²) in [7, 11) is 0. The summed E-state index contributed by atoms with van der Waals surface area (Å²) in [4.78, 5) is 13.7. The van der Waals surface area contributed by atoms with Crippen LogP contribution in [-0.2, 0) is 4.74 Å². The molecular weight excluding hydrogens is 305 g/mol. The Labute approximate surface area is 106 Å². The number of ether oxygens (including phenoxy) is 1. The van der Waals surface area contributed by atoms with Crippen LogP contribution in [0.2, 0.25) is 0 Å². The number of rotatable bonds is 0. The second-order valence-electron chi connectivity index (χ2n) is 5.14. The lowest BCUT2D eigenvalue weighted by Gasteiger charge is -2.36. The molecule has 0 N–H and O–H groups in total. The molecule has 1 aliphatic heterocycles. The van der Waals surface area contributed by atoms with E-state index in [-0.39, 0.29) is 6.09 Å². The number of amides is 1. The molecule has 1 rings (SSSR count). The lowest BCUT2D eigenvalue weighted by Crippen LogP contribution is -2.47. The van der Waals surface area contributed by atoms with Crippen molar-refractivity contribution in [2.75, 3.05) is 6.54 Å². The lowest BCUT2D eigenvalue weighted by molar-refractivity contribution is 0.0129. The Balaban J connectivity index is 2.53. The minimum Gasteiger partial charge on any atom is -0.444 e. The van der Waals surface area contributed by atoms with E-state index in [1.165, 1.54) is 0 Å². The molecule has 0 aromatic rings. The number of carbonyl (C=O) groups is 1. The van der Waals surface area contributed by atoms with Gasteiger partial charge in [0.1, 0.15) is 5.60 Å². The first-order valence-corrected chi connectivity index (χ1v) is 6.68. The SMILES string of the molecule is C[C@H]1CC(I)CCN1C(=O)OC(C)(C)C. The highest BCUT2D eigenvalue weighted by Gasteiger charge is 2.30. The monoisotopic (exact) mass is 325 g/mol. The van der Waals surface area contributed by atoms with E-state index in [1.54, 1.807) is 0 Å². The van der Waals surface area contributed by atoms with Crippen LogP contribution >= 0.6 is 22.6 Å². The lowest BCUT2D eigenvalue weighted by atomic mass is 10.0. The zero-order valence-corrected chi connectivity index (χ0v) is 12.1. The van der Waals surface area contributed by atoms with Crippen molar-refractivity contribution in [3.63, 3.8) is 0 Å². The number of carbonyl (C=O) groups excluding carboxylic acids is 1. The van der Waals surface area contributed by atoms with Gasteiger partial charge in [0.2, 0.25) is 0 Å². The molecule has 1 amide bonds. The summed E-state index contributed by atoms with van der Waals surface area (Å²) < 4.78 is 6.06. The van der Waals surface area contributed by atoms with Crippen molar-refractivity contribution >= 4 is 28.7 Å². The number of piperidine rings is 1. The molecule has 0 aromatic heterocycles. The molecule has 0 aliphatic carbocycles. The maximum absolute atomic E-state index is 11.8. The van der Waals surface area contributed by atoms with Crippen LogP contribution in [0.1, 0.15) is 40.5 Å². The Morgan fingerprint density at radius 3 is 2.53 bits per heavy atom. The van der Waals surface area contributed by atoms with Gasteiger partial charge in [-0.05, 0) is 40.5 Å². The highest BCUT2D eigenvalue weighted by Crippen LogP contribution is 2.24. The summed E-state index contributed by atoms with van der Waals surface area (Å²) in [6.45, 7) is 8.63. The van der Waals surface area contributed by atoms with Gasteiger partial charge >= 0.3 is 6.09 Å². The van der Waals surface area contributed by atoms with Crippen molar-refractivity contribution in [2.45, 2.75) is 56.1 Å². The number of nitrogens with zero attached hydrogens (tertiary/aromatic N) is 1. The molecule has 88 valence electrons. The first kappa shape index (κ1) is 13.1. The molecule has 3 nitrogen and oxygen atoms in total. The van der Waals surface area contributed by atoms with E-state index in [0.717, 1.165) is 19.4 Å². The van der Waals surface area contributed by atoms with Gasteiger partial charge in [-0.3, -0.25) is 0 Å². The molecule has 1 unspecified atom stereocenters. The van der Waals surface area contributed by atoms with Crippen molar-refractivity contribution in [3.05, 3.63) is 0 Å². The van der Waals surface area contributed by atoms with Crippen LogP contribution < -0.4 is 0 Å². The van der Waals surface area contributed by atoms with Gasteiger partial charge in [0, 0.05) is 16.5 Å². The first-order chi connectivity index (χ1) is 6.79. The summed E-state index contributed by atoms with van der Waals surface area (Å²) in [6, 6.07) is 0.301. The smallest absolute Gasteiger partial charge is 0.410 e. The van der Waals surface area contributed by atoms with Crippen LogP contribution in [0, 0.1) is 0 Å². The fourth-order valence-corrected chi connectivity index (χ4v) is 2.72. The largest absolute Gasteiger partial charge is 0.444 e. The Kier molecular flexibility index (Phi) is 4.26. The van der Waals surface area contributed by atoms with E-state index >= 15 is 0 Å². The van der Waals surface area contributed by atoms with Crippen LogP contribution in [0.25, 0.3) is 0 Å². The molecule has 0 radical (unpaired) electrons. The zero-order valence-electron chi connectivity index (χ0n) is 9.92. The number of likely N-dealkylation sites (tertiary alicyclic amines) is 1. The number of halogens is 1. The molecular formula is C11H20INO2. The van der Waals surface area contributed by atoms with E-state index < -0.39 is 5.60 Å². The average Bonchev–Trinajstić information content (AvgIpc) is 1.99. The summed E-state index contributed by atoms with van der Waals surface area (Å²) >= 11 is 2.45. The van der Waals surface area contributed by atoms with Gasteiger partial charge in [-0.2, -0.15) is 0 Å². The maximum Gasteiger partial charge on any atom is 0.410 e. The normalized spacial score (nSPS) is 27.7. The third-order valence-corrected chi connectivity index (χ3v) is 3.57. The van der Waals surface area contributed by atoms with Crippen LogP contribution in [0.5, 0.6) is 0 Å². The highest BCUT2D eigenvalue weighted by atomic mass is 127. The minimum absolute atomic E-state index is 0.168. The third-order valence-electron chi connectivity index (χ3n) is 2.44. The van der Waals surface area contributed by atoms with Crippen LogP contribution in [0.4, 0.5) is 4.79 Å². The molecule has 2 atom stereocenters. The van der Waals surface area contributed by atoms with Gasteiger partial charge < -0.3 is 9.64 Å². The molecule has 0 saturated carbocycles. The first-order valence-electron chi connectivity index (χ1n) is 5.43. The topological polar surface area (TPSA) is 29.5 Å². The molecule has 15 heavy (non-hydrogen) atoms. The fourth-order valence-electron chi connectivity index (χ4n) is 1.71. The Morgan fingerprint density at radius 1 is 1.47 bits per heavy atom. The van der Waals surface area contributed by atoms with Crippen molar-refractivity contribution in [2.24, 2.45) is 0 Å². The summed E-state index contributed by atoms with van der Waals surface area (Å²) in [5.41, 5.74) is -0.391. The summed E-state index contributed by atoms with van der Waals surface area (Å²) in [6.07, 6.45) is 1.97. The molecule has 0 aromatic carbocycles. The Morgan fingerprint density at radius 2 is 2.07 bits per heavy atom. The van der Waals surface area contributed by atoms with Gasteiger partial charge in [-0.1, -0.05) is 22.6 Å². The summed E-state index contributed by atoms with van der Waals surface area (Å²) in [5.74, 6) is 0. The molecule has 4 heteroatoms. The molecule has 1 heterocycles. The van der Waals surface area contributed by atoms with Crippen molar-refractivity contribution in [3.8, 4) is 0 Å². The predicted octanol–water partition coefficient (Wildman–Crippen LogP) is 3.21. The van der Waals surface area contributed by atoms with Crippen molar-refractivity contribution in [1.82, 2.24) is 4.90 Å². The van der Waals surface area contributed by atoms with Gasteiger partial charge in [0.25, 0.3) is 0 Å². The van der Waals surface area contributed by atoms with E-state index in [4.69, 9.17) is 4.74 Å². The van der Waals surface area contributed by atoms with E-state index in [9.17, 15) is 4.79 Å². The van der Waals surface area contributed by atoms with Crippen molar-refractivity contribution < 1.29 is 9.53 Å². The molecule has 0 spiro atoms. The standard InChI is InChI=1S/C11H20INO2/c1-8-7-9(12)5-6-13(8)10(14)15-11(2,3)4/h8-9H,5-7H2,1-4H3/t8-,9?/m0/s1. The Bertz CT molecular complexity index is 237. The van der Waals surface area contributed by atoms with Crippen LogP contribution in [0.15, 0.2) is 0 Å². The van der Waals surface area contributed by atoms with Crippen LogP contribution in [0.3, 0.4) is 0 Å². The third kappa shape index (κ3) is 4.17. The minimum atomic E-state index is -0.391. The van der Waals surface area contributed by atoms with Crippen molar-refractivity contribution in [1.29, 1.82) is 0 Å². The number of alkyl halides is 1. The molecule has 1 aliphatic rings. The predicted molar refractivity (Wildman–Crippen MR) is 69.4 cm³/mol. The fraction of sp³-hybridized carbons (Fsp3) is 0.909. The average molecular weight is 325 g/mol. The van der Waals surface area contributed by atoms with E-state index in [0.29, 0.717) is 9.97 Å². The van der Waals surface area contributed by atoms with Gasteiger partial charge in [-0.25, -0.2) is 4.79 Å². The number of hydrogen-bond acceptors (Lipinski definition) is 2. The maximum atomic E-state index is 11.8. The van der Waals surface area contributed by atoms with Gasteiger partial charge in [-0.15, -0.1) is 0 Å². The quantitative estimate of drug-likeness (QED) is 0.506. The van der Waals surface area contributed by atoms with E-state index in [2.05, 4.69) is 29.5 Å². The van der Waals surface area contributed by atoms with Gasteiger partial charge in [0.15, 0.2) is 0 Å². The molecule has 1 saturated heterocycles. The molecule has 1 fully saturated rings. The molecule has 0 bridgehead atoms. The highest BCUT2D eigenvalue weighted by molar-refractivity contribution is 14.1. The second-order valence-corrected chi connectivity index (χ2v) is 6.91. The second kappa shape index (κ2) is 4.89. The van der Waals surface area contributed by atoms with E-state index in [1.807, 2.05) is 25.7 Å². The number of hydrogen-bond donors (Lipinski definition) is 0.